The van der Waals surface area contributed by atoms with Crippen molar-refractivity contribution in [3.05, 3.63) is 29.3 Å². The molecule has 1 unspecified atom stereocenters. The van der Waals surface area contributed by atoms with Crippen molar-refractivity contribution in [2.75, 3.05) is 13.7 Å². The lowest BCUT2D eigenvalue weighted by Crippen LogP contribution is -2.19. The van der Waals surface area contributed by atoms with Gasteiger partial charge in [0.15, 0.2) is 5.84 Å². The first-order valence-electron chi connectivity index (χ1n) is 6.83. The van der Waals surface area contributed by atoms with Crippen molar-refractivity contribution in [1.29, 1.82) is 0 Å². The Morgan fingerprint density at radius 1 is 1.55 bits per heavy atom. The van der Waals surface area contributed by atoms with Gasteiger partial charge in [0.25, 0.3) is 0 Å². The number of nitrogens with two attached hydrogens (primary N) is 1. The highest BCUT2D eigenvalue weighted by molar-refractivity contribution is 5.99. The van der Waals surface area contributed by atoms with Crippen LogP contribution in [0.3, 0.4) is 0 Å². The number of methoxy groups -OCH3 is 1. The van der Waals surface area contributed by atoms with Crippen molar-refractivity contribution in [2.45, 2.75) is 26.8 Å². The highest BCUT2D eigenvalue weighted by atomic mass is 16.5. The van der Waals surface area contributed by atoms with Crippen molar-refractivity contribution in [1.82, 2.24) is 5.32 Å². The molecule has 0 saturated heterocycles. The average Bonchev–Trinajstić information content (AvgIpc) is 3.05. The molecule has 0 radical (unpaired) electrons. The number of rotatable bonds is 6. The number of hydrogen-bond acceptors (Lipinski definition) is 4. The van der Waals surface area contributed by atoms with Crippen LogP contribution < -0.4 is 15.8 Å². The van der Waals surface area contributed by atoms with E-state index >= 15 is 0 Å². The summed E-state index contributed by atoms with van der Waals surface area (Å²) in [7, 11) is 1.57. The average molecular weight is 277 g/mol. The lowest BCUT2D eigenvalue weighted by molar-refractivity contribution is 0.318. The van der Waals surface area contributed by atoms with Crippen molar-refractivity contribution in [3.8, 4) is 5.75 Å². The predicted octanol–water partition coefficient (Wildman–Crippen LogP) is 1.93. The number of nitrogens with zero attached hydrogens (tertiary/aromatic N) is 1. The lowest BCUT2D eigenvalue weighted by Gasteiger charge is -2.11. The van der Waals surface area contributed by atoms with Crippen LogP contribution in [-0.2, 0) is 6.54 Å². The molecule has 1 saturated carbocycles. The molecular formula is C15H23N3O2. The van der Waals surface area contributed by atoms with Crippen LogP contribution in [0.4, 0.5) is 0 Å². The van der Waals surface area contributed by atoms with Gasteiger partial charge in [-0.2, -0.15) is 0 Å². The van der Waals surface area contributed by atoms with Crippen molar-refractivity contribution < 1.29 is 9.94 Å². The maximum Gasteiger partial charge on any atom is 0.173 e. The van der Waals surface area contributed by atoms with E-state index in [9.17, 15) is 0 Å². The first-order valence-corrected chi connectivity index (χ1v) is 6.83. The Kier molecular flexibility index (Phi) is 4.18. The summed E-state index contributed by atoms with van der Waals surface area (Å²) in [5.41, 5.74) is 7.85. The summed E-state index contributed by atoms with van der Waals surface area (Å²) in [6.07, 6.45) is 1.29. The van der Waals surface area contributed by atoms with Crippen molar-refractivity contribution in [3.63, 3.8) is 0 Å². The Labute approximate surface area is 119 Å². The number of nitrogens with one attached hydrogen (secondary N) is 1. The first kappa shape index (κ1) is 14.7. The Hall–Kier alpha value is -1.75. The van der Waals surface area contributed by atoms with Gasteiger partial charge in [0.1, 0.15) is 5.75 Å². The van der Waals surface area contributed by atoms with Crippen LogP contribution in [0.2, 0.25) is 0 Å². The lowest BCUT2D eigenvalue weighted by atomic mass is 10.1. The van der Waals surface area contributed by atoms with Gasteiger partial charge >= 0.3 is 0 Å². The van der Waals surface area contributed by atoms with E-state index in [0.717, 1.165) is 24.6 Å². The van der Waals surface area contributed by atoms with Crippen LogP contribution >= 0.6 is 0 Å². The zero-order valence-corrected chi connectivity index (χ0v) is 12.3. The minimum absolute atomic E-state index is 0.0621. The van der Waals surface area contributed by atoms with Crippen molar-refractivity contribution >= 4 is 5.84 Å². The highest BCUT2D eigenvalue weighted by Gasteiger charge is 2.44. The fourth-order valence-corrected chi connectivity index (χ4v) is 2.43. The van der Waals surface area contributed by atoms with Gasteiger partial charge in [0.05, 0.1) is 12.7 Å². The molecule has 1 aliphatic rings. The zero-order chi connectivity index (χ0) is 14.8. The number of ether oxygens (including phenoxy) is 1. The van der Waals surface area contributed by atoms with Gasteiger partial charge in [-0.3, -0.25) is 0 Å². The molecule has 0 amide bonds. The summed E-state index contributed by atoms with van der Waals surface area (Å²) in [5, 5.41) is 15.3. The fourth-order valence-electron chi connectivity index (χ4n) is 2.43. The molecular weight excluding hydrogens is 254 g/mol. The van der Waals surface area contributed by atoms with E-state index in [4.69, 9.17) is 15.7 Å². The molecule has 5 heteroatoms. The normalized spacial score (nSPS) is 20.8. The summed E-state index contributed by atoms with van der Waals surface area (Å²) in [5.74, 6) is 1.43. The summed E-state index contributed by atoms with van der Waals surface area (Å²) in [6.45, 7) is 6.38. The number of oxime groups is 1. The van der Waals surface area contributed by atoms with Crippen molar-refractivity contribution in [2.24, 2.45) is 22.2 Å². The zero-order valence-electron chi connectivity index (χ0n) is 12.3. The van der Waals surface area contributed by atoms with Crippen LogP contribution in [0.1, 0.15) is 31.4 Å². The van der Waals surface area contributed by atoms with E-state index in [-0.39, 0.29) is 5.84 Å². The van der Waals surface area contributed by atoms with Crippen LogP contribution in [-0.4, -0.2) is 24.7 Å². The second kappa shape index (κ2) is 5.71. The van der Waals surface area contributed by atoms with E-state index in [0.29, 0.717) is 16.7 Å². The molecule has 0 bridgehead atoms. The molecule has 1 aromatic rings. The molecule has 0 spiro atoms. The molecule has 1 atom stereocenters. The van der Waals surface area contributed by atoms with E-state index in [2.05, 4.69) is 24.3 Å². The van der Waals surface area contributed by atoms with Crippen LogP contribution in [0.25, 0.3) is 0 Å². The molecule has 2 rings (SSSR count). The Balaban J connectivity index is 1.98. The number of amidine groups is 1. The van der Waals surface area contributed by atoms with Gasteiger partial charge in [-0.25, -0.2) is 0 Å². The monoisotopic (exact) mass is 277 g/mol. The van der Waals surface area contributed by atoms with E-state index in [1.165, 1.54) is 6.42 Å². The van der Waals surface area contributed by atoms with Crippen LogP contribution in [0.5, 0.6) is 5.75 Å². The molecule has 0 heterocycles. The Morgan fingerprint density at radius 3 is 2.80 bits per heavy atom. The van der Waals surface area contributed by atoms with Gasteiger partial charge in [0.2, 0.25) is 0 Å². The maximum atomic E-state index is 8.81. The third-order valence-corrected chi connectivity index (χ3v) is 4.08. The molecule has 1 aliphatic carbocycles. The second-order valence-corrected chi connectivity index (χ2v) is 6.04. The van der Waals surface area contributed by atoms with Gasteiger partial charge in [0, 0.05) is 6.54 Å². The van der Waals surface area contributed by atoms with Crippen LogP contribution in [0.15, 0.2) is 23.4 Å². The topological polar surface area (TPSA) is 79.9 Å². The summed E-state index contributed by atoms with van der Waals surface area (Å²) in [6, 6.07) is 5.71. The number of hydrogen-bond donors (Lipinski definition) is 3. The molecule has 110 valence electrons. The fraction of sp³-hybridized carbons (Fsp3) is 0.533. The van der Waals surface area contributed by atoms with Gasteiger partial charge in [-0.1, -0.05) is 25.1 Å². The van der Waals surface area contributed by atoms with Gasteiger partial charge in [-0.05, 0) is 42.0 Å². The summed E-state index contributed by atoms with van der Waals surface area (Å²) >= 11 is 0. The van der Waals surface area contributed by atoms with E-state index < -0.39 is 0 Å². The molecule has 0 aromatic heterocycles. The second-order valence-electron chi connectivity index (χ2n) is 6.04. The van der Waals surface area contributed by atoms with E-state index in [1.807, 2.05) is 18.2 Å². The third kappa shape index (κ3) is 3.22. The SMILES string of the molecule is COc1ccc(CNCC2CC2(C)C)cc1/C(N)=N/O. The summed E-state index contributed by atoms with van der Waals surface area (Å²) < 4.78 is 5.21. The minimum Gasteiger partial charge on any atom is -0.496 e. The van der Waals surface area contributed by atoms with Gasteiger partial charge in [-0.15, -0.1) is 0 Å². The van der Waals surface area contributed by atoms with Crippen LogP contribution in [0, 0.1) is 11.3 Å². The smallest absolute Gasteiger partial charge is 0.173 e. The largest absolute Gasteiger partial charge is 0.496 e. The highest BCUT2D eigenvalue weighted by Crippen LogP contribution is 2.50. The Morgan fingerprint density at radius 2 is 2.25 bits per heavy atom. The quantitative estimate of drug-likeness (QED) is 0.321. The molecule has 20 heavy (non-hydrogen) atoms. The number of benzene rings is 1. The minimum atomic E-state index is 0.0621. The predicted molar refractivity (Wildman–Crippen MR) is 79.1 cm³/mol. The first-order chi connectivity index (χ1) is 9.47. The molecule has 4 N–H and O–H groups in total. The molecule has 1 aromatic carbocycles. The standard InChI is InChI=1S/C15H23N3O2/c1-15(2)7-11(15)9-17-8-10-4-5-13(20-3)12(6-10)14(16)18-19/h4-6,11,17,19H,7-9H2,1-3H3,(H2,16,18). The van der Waals surface area contributed by atoms with Gasteiger partial charge < -0.3 is 21.0 Å². The maximum absolute atomic E-state index is 8.81. The summed E-state index contributed by atoms with van der Waals surface area (Å²) in [4.78, 5) is 0. The molecule has 5 nitrogen and oxygen atoms in total. The van der Waals surface area contributed by atoms with E-state index in [1.54, 1.807) is 7.11 Å². The molecule has 1 fully saturated rings. The Bertz CT molecular complexity index is 512. The third-order valence-electron chi connectivity index (χ3n) is 4.08. The molecule has 0 aliphatic heterocycles.